The van der Waals surface area contributed by atoms with Crippen LogP contribution >= 0.6 is 0 Å². The van der Waals surface area contributed by atoms with Gasteiger partial charge in [0.2, 0.25) is 11.8 Å². The molecule has 7 fully saturated rings. The topological polar surface area (TPSA) is 125 Å². The van der Waals surface area contributed by atoms with Crippen LogP contribution in [0.4, 0.5) is 0 Å². The normalized spacial score (nSPS) is 46.8. The Hall–Kier alpha value is -1.63. The molecular formula is C28H45N5O2. The second kappa shape index (κ2) is 9.04. The number of primary amides is 1. The van der Waals surface area contributed by atoms with Crippen LogP contribution < -0.4 is 16.8 Å². The summed E-state index contributed by atoms with van der Waals surface area (Å²) >= 11 is 0. The van der Waals surface area contributed by atoms with Gasteiger partial charge in [-0.3, -0.25) is 19.9 Å². The van der Waals surface area contributed by atoms with Crippen LogP contribution in [0.1, 0.15) is 89.9 Å². The fourth-order valence-electron chi connectivity index (χ4n) is 9.88. The number of nitrogens with two attached hydrogens (primary N) is 2. The van der Waals surface area contributed by atoms with Gasteiger partial charge < -0.3 is 16.8 Å². The number of hydrogen-bond donors (Lipinski definition) is 4. The minimum absolute atomic E-state index is 0.0181. The van der Waals surface area contributed by atoms with Gasteiger partial charge in [0.15, 0.2) is 0 Å². The highest BCUT2D eigenvalue weighted by Gasteiger charge is 2.54. The molecular weight excluding hydrogens is 438 g/mol. The smallest absolute Gasteiger partial charge is 0.237 e. The van der Waals surface area contributed by atoms with E-state index < -0.39 is 0 Å². The van der Waals surface area contributed by atoms with Crippen LogP contribution in [0.5, 0.6) is 0 Å². The van der Waals surface area contributed by atoms with Gasteiger partial charge in [0.05, 0.1) is 11.9 Å². The molecule has 4 atom stereocenters. The molecule has 6 aliphatic carbocycles. The number of rotatable bonds is 6. The van der Waals surface area contributed by atoms with E-state index in [4.69, 9.17) is 16.9 Å². The van der Waals surface area contributed by atoms with Crippen LogP contribution in [-0.2, 0) is 9.59 Å². The van der Waals surface area contributed by atoms with E-state index in [9.17, 15) is 9.59 Å². The van der Waals surface area contributed by atoms with Crippen LogP contribution in [0.3, 0.4) is 0 Å². The number of nitrogens with zero attached hydrogens (tertiary/aromatic N) is 1. The predicted octanol–water partition coefficient (Wildman–Crippen LogP) is 3.16. The van der Waals surface area contributed by atoms with Crippen molar-refractivity contribution in [2.45, 2.75) is 108 Å². The van der Waals surface area contributed by atoms with E-state index in [1.807, 2.05) is 0 Å². The molecule has 1 aliphatic heterocycles. The van der Waals surface area contributed by atoms with E-state index in [1.54, 1.807) is 0 Å². The molecule has 0 spiro atoms. The first-order valence-corrected chi connectivity index (χ1v) is 14.5. The third-order valence-corrected chi connectivity index (χ3v) is 11.2. The van der Waals surface area contributed by atoms with E-state index in [2.05, 4.69) is 10.2 Å². The number of carbonyl (C=O) groups is 2. The zero-order valence-corrected chi connectivity index (χ0v) is 21.2. The molecule has 6 saturated carbocycles. The molecule has 35 heavy (non-hydrogen) atoms. The lowest BCUT2D eigenvalue weighted by Gasteiger charge is -2.57. The number of fused-ring (bicyclic) bond motifs is 1. The molecule has 7 aliphatic rings. The molecule has 1 saturated heterocycles. The minimum atomic E-state index is -0.158. The summed E-state index contributed by atoms with van der Waals surface area (Å²) in [5.74, 6) is 4.09. The number of hydrogen-bond acceptors (Lipinski definition) is 4. The maximum absolute atomic E-state index is 14.0. The standard InChI is InChI=1S/C28H45N5O2/c29-25(30)22-6-5-21-10-24(27(35)32-28-12-17-7-18(13-28)9-19(8-17)14-28)33(23(21)11-22)15-16-1-3-20(4-2-16)26(31)34/h16-24H,1-15H2,(H3,29,30)(H2,31,34)(H,32,35). The zero-order chi connectivity index (χ0) is 24.3. The minimum Gasteiger partial charge on any atom is -0.387 e. The average Bonchev–Trinajstić information content (AvgIpc) is 3.16. The highest BCUT2D eigenvalue weighted by atomic mass is 16.2. The van der Waals surface area contributed by atoms with E-state index in [0.29, 0.717) is 23.7 Å². The van der Waals surface area contributed by atoms with Crippen LogP contribution in [0.25, 0.3) is 0 Å². The third kappa shape index (κ3) is 4.51. The van der Waals surface area contributed by atoms with Gasteiger partial charge >= 0.3 is 0 Å². The molecule has 7 nitrogen and oxygen atoms in total. The second-order valence-electron chi connectivity index (χ2n) is 13.5. The Balaban J connectivity index is 1.18. The maximum Gasteiger partial charge on any atom is 0.237 e. The van der Waals surface area contributed by atoms with Gasteiger partial charge in [-0.05, 0) is 119 Å². The van der Waals surface area contributed by atoms with Crippen molar-refractivity contribution in [3.05, 3.63) is 0 Å². The van der Waals surface area contributed by atoms with Gasteiger partial charge in [-0.2, -0.15) is 0 Å². The second-order valence-corrected chi connectivity index (χ2v) is 13.5. The number of amides is 2. The summed E-state index contributed by atoms with van der Waals surface area (Å²) in [7, 11) is 0. The summed E-state index contributed by atoms with van der Waals surface area (Å²) < 4.78 is 0. The van der Waals surface area contributed by atoms with Crippen molar-refractivity contribution in [3.63, 3.8) is 0 Å². The average molecular weight is 484 g/mol. The predicted molar refractivity (Wildman–Crippen MR) is 135 cm³/mol. The number of amidine groups is 1. The summed E-state index contributed by atoms with van der Waals surface area (Å²) in [6.45, 7) is 0.927. The number of carbonyl (C=O) groups excluding carboxylic acids is 2. The van der Waals surface area contributed by atoms with Gasteiger partial charge in [-0.1, -0.05) is 0 Å². The van der Waals surface area contributed by atoms with Crippen molar-refractivity contribution in [2.24, 2.45) is 52.9 Å². The summed E-state index contributed by atoms with van der Waals surface area (Å²) in [6, 6.07) is 0.288. The van der Waals surface area contributed by atoms with E-state index in [-0.39, 0.29) is 35.2 Å². The first kappa shape index (κ1) is 23.7. The Morgan fingerprint density at radius 2 is 1.43 bits per heavy atom. The van der Waals surface area contributed by atoms with Gasteiger partial charge in [0, 0.05) is 30.0 Å². The van der Waals surface area contributed by atoms with Crippen molar-refractivity contribution >= 4 is 17.6 Å². The Bertz CT molecular complexity index is 830. The van der Waals surface area contributed by atoms with Crippen LogP contribution in [0.2, 0.25) is 0 Å². The van der Waals surface area contributed by atoms with Crippen LogP contribution in [-0.4, -0.2) is 46.7 Å². The Morgan fingerprint density at radius 1 is 0.829 bits per heavy atom. The lowest BCUT2D eigenvalue weighted by atomic mass is 9.53. The first-order chi connectivity index (χ1) is 16.8. The molecule has 1 heterocycles. The highest BCUT2D eigenvalue weighted by molar-refractivity contribution is 5.83. The summed E-state index contributed by atoms with van der Waals surface area (Å²) in [5.41, 5.74) is 11.6. The largest absolute Gasteiger partial charge is 0.387 e. The molecule has 4 unspecified atom stereocenters. The van der Waals surface area contributed by atoms with Crippen molar-refractivity contribution < 1.29 is 9.59 Å². The van der Waals surface area contributed by atoms with E-state index in [1.165, 1.54) is 38.5 Å². The van der Waals surface area contributed by atoms with Gasteiger partial charge in [-0.15, -0.1) is 0 Å². The molecule has 0 aromatic heterocycles. The SMILES string of the molecule is N=C(N)C1CCC2CC(C(=O)NC34CC5CC(CC(C5)C3)C4)N(CC3CCC(C(N)=O)CC3)C2C1. The third-order valence-electron chi connectivity index (χ3n) is 11.2. The van der Waals surface area contributed by atoms with E-state index >= 15 is 0 Å². The molecule has 4 bridgehead atoms. The molecule has 0 aromatic carbocycles. The molecule has 7 heteroatoms. The Labute approximate surface area is 210 Å². The van der Waals surface area contributed by atoms with Crippen molar-refractivity contribution in [1.82, 2.24) is 10.2 Å². The molecule has 194 valence electrons. The van der Waals surface area contributed by atoms with Crippen LogP contribution in [0.15, 0.2) is 0 Å². The lowest BCUT2D eigenvalue weighted by molar-refractivity contribution is -0.132. The van der Waals surface area contributed by atoms with Crippen molar-refractivity contribution in [1.29, 1.82) is 5.41 Å². The quantitative estimate of drug-likeness (QED) is 0.342. The van der Waals surface area contributed by atoms with Gasteiger partial charge in [0.1, 0.15) is 0 Å². The Morgan fingerprint density at radius 3 is 2.00 bits per heavy atom. The molecule has 6 N–H and O–H groups in total. The summed E-state index contributed by atoms with van der Waals surface area (Å²) in [4.78, 5) is 28.2. The number of nitrogens with one attached hydrogen (secondary N) is 2. The monoisotopic (exact) mass is 483 g/mol. The van der Waals surface area contributed by atoms with E-state index in [0.717, 1.165) is 75.7 Å². The lowest BCUT2D eigenvalue weighted by Crippen LogP contribution is -2.62. The molecule has 7 rings (SSSR count). The molecule has 2 amide bonds. The van der Waals surface area contributed by atoms with Crippen molar-refractivity contribution in [3.8, 4) is 0 Å². The molecule has 0 radical (unpaired) electrons. The van der Waals surface area contributed by atoms with Crippen molar-refractivity contribution in [2.75, 3.05) is 6.54 Å². The van der Waals surface area contributed by atoms with Crippen LogP contribution in [0, 0.1) is 46.8 Å². The zero-order valence-electron chi connectivity index (χ0n) is 21.2. The van der Waals surface area contributed by atoms with Gasteiger partial charge in [0.25, 0.3) is 0 Å². The highest BCUT2D eigenvalue weighted by Crippen LogP contribution is 2.56. The fourth-order valence-corrected chi connectivity index (χ4v) is 9.88. The maximum atomic E-state index is 14.0. The summed E-state index contributed by atoms with van der Waals surface area (Å²) in [6.07, 6.45) is 15.4. The first-order valence-electron chi connectivity index (χ1n) is 14.5. The molecule has 0 aromatic rings. The van der Waals surface area contributed by atoms with Gasteiger partial charge in [-0.25, -0.2) is 0 Å². The fraction of sp³-hybridized carbons (Fsp3) is 0.893. The summed E-state index contributed by atoms with van der Waals surface area (Å²) in [5, 5.41) is 11.8. The number of likely N-dealkylation sites (tertiary alicyclic amines) is 1. The Kier molecular flexibility index (Phi) is 6.13.